The van der Waals surface area contributed by atoms with E-state index in [1.54, 1.807) is 0 Å². The molecule has 1 aromatic rings. The molecule has 0 aromatic heterocycles. The van der Waals surface area contributed by atoms with Gasteiger partial charge in [-0.05, 0) is 43.4 Å². The highest BCUT2D eigenvalue weighted by Crippen LogP contribution is 2.48. The van der Waals surface area contributed by atoms with Crippen molar-refractivity contribution in [2.45, 2.75) is 44.2 Å². The molecule has 2 fully saturated rings. The van der Waals surface area contributed by atoms with E-state index in [4.69, 9.17) is 5.11 Å². The summed E-state index contributed by atoms with van der Waals surface area (Å²) in [5, 5.41) is 11.8. The van der Waals surface area contributed by atoms with Gasteiger partial charge in [0.05, 0.1) is 6.54 Å². The molecular formula is C18H22F2N2O3. The molecule has 2 saturated carbocycles. The van der Waals surface area contributed by atoms with Gasteiger partial charge >= 0.3 is 5.97 Å². The second-order valence-corrected chi connectivity index (χ2v) is 6.90. The molecule has 2 unspecified atom stereocenters. The zero-order valence-corrected chi connectivity index (χ0v) is 14.0. The standard InChI is InChI=1S/C18H22F2N2O3/c1-2-22(9-17(23)24)12-6-11(7-12)21-18(25)15-8-14(15)13-4-3-10(19)5-16(13)20/h3-5,11-12,14-15H,2,6-9H2,1H3,(H,21,25)(H,23,24). The number of aliphatic carboxylic acids is 1. The molecule has 0 bridgehead atoms. The molecule has 25 heavy (non-hydrogen) atoms. The number of likely N-dealkylation sites (N-methyl/N-ethyl adjacent to an activating group) is 1. The van der Waals surface area contributed by atoms with E-state index in [1.165, 1.54) is 12.1 Å². The largest absolute Gasteiger partial charge is 0.480 e. The summed E-state index contributed by atoms with van der Waals surface area (Å²) in [6.45, 7) is 2.59. The van der Waals surface area contributed by atoms with Crippen molar-refractivity contribution in [3.05, 3.63) is 35.4 Å². The van der Waals surface area contributed by atoms with Gasteiger partial charge in [-0.15, -0.1) is 0 Å². The molecular weight excluding hydrogens is 330 g/mol. The van der Waals surface area contributed by atoms with Crippen LogP contribution in [0.4, 0.5) is 8.78 Å². The van der Waals surface area contributed by atoms with Crippen LogP contribution in [0.2, 0.25) is 0 Å². The molecule has 1 aromatic carbocycles. The summed E-state index contributed by atoms with van der Waals surface area (Å²) in [7, 11) is 0. The van der Waals surface area contributed by atoms with E-state index >= 15 is 0 Å². The highest BCUT2D eigenvalue weighted by atomic mass is 19.1. The Kier molecular flexibility index (Phi) is 5.03. The van der Waals surface area contributed by atoms with Crippen molar-refractivity contribution < 1.29 is 23.5 Å². The topological polar surface area (TPSA) is 69.6 Å². The third-order valence-corrected chi connectivity index (χ3v) is 5.21. The fourth-order valence-electron chi connectivity index (χ4n) is 3.62. The quantitative estimate of drug-likeness (QED) is 0.789. The van der Waals surface area contributed by atoms with E-state index in [2.05, 4.69) is 5.32 Å². The number of carbonyl (C=O) groups is 2. The number of nitrogens with zero attached hydrogens (tertiary/aromatic N) is 1. The number of carbonyl (C=O) groups excluding carboxylic acids is 1. The zero-order valence-electron chi connectivity index (χ0n) is 14.0. The number of benzene rings is 1. The van der Waals surface area contributed by atoms with Crippen LogP contribution in [0.5, 0.6) is 0 Å². The maximum Gasteiger partial charge on any atom is 0.317 e. The monoisotopic (exact) mass is 352 g/mol. The summed E-state index contributed by atoms with van der Waals surface area (Å²) < 4.78 is 26.7. The van der Waals surface area contributed by atoms with Gasteiger partial charge in [0.2, 0.25) is 5.91 Å². The number of amides is 1. The molecule has 0 heterocycles. The van der Waals surface area contributed by atoms with Crippen LogP contribution in [0.1, 0.15) is 37.7 Å². The van der Waals surface area contributed by atoms with Crippen LogP contribution in [-0.2, 0) is 9.59 Å². The number of hydrogen-bond acceptors (Lipinski definition) is 3. The number of nitrogens with one attached hydrogen (secondary N) is 1. The molecule has 1 amide bonds. The van der Waals surface area contributed by atoms with Crippen LogP contribution in [-0.4, -0.2) is 47.1 Å². The van der Waals surface area contributed by atoms with Gasteiger partial charge in [0.25, 0.3) is 0 Å². The Morgan fingerprint density at radius 1 is 1.28 bits per heavy atom. The van der Waals surface area contributed by atoms with Crippen LogP contribution in [0.25, 0.3) is 0 Å². The molecule has 0 radical (unpaired) electrons. The first kappa shape index (κ1) is 17.8. The average molecular weight is 352 g/mol. The Hall–Kier alpha value is -2.02. The normalized spacial score (nSPS) is 27.7. The van der Waals surface area contributed by atoms with E-state index in [-0.39, 0.29) is 36.4 Å². The van der Waals surface area contributed by atoms with Crippen LogP contribution >= 0.6 is 0 Å². The van der Waals surface area contributed by atoms with Crippen LogP contribution in [0.15, 0.2) is 18.2 Å². The van der Waals surface area contributed by atoms with Gasteiger partial charge in [-0.25, -0.2) is 8.78 Å². The van der Waals surface area contributed by atoms with Gasteiger partial charge in [-0.3, -0.25) is 14.5 Å². The molecule has 2 aliphatic carbocycles. The summed E-state index contributed by atoms with van der Waals surface area (Å²) in [4.78, 5) is 25.0. The lowest BCUT2D eigenvalue weighted by molar-refractivity contribution is -0.139. The van der Waals surface area contributed by atoms with Gasteiger partial charge in [-0.2, -0.15) is 0 Å². The Labute approximate surface area is 145 Å². The Bertz CT molecular complexity index is 676. The fraction of sp³-hybridized carbons (Fsp3) is 0.556. The van der Waals surface area contributed by atoms with E-state index in [0.29, 0.717) is 18.5 Å². The van der Waals surface area contributed by atoms with E-state index in [0.717, 1.165) is 18.9 Å². The molecule has 2 aliphatic rings. The number of carboxylic acids is 1. The summed E-state index contributed by atoms with van der Waals surface area (Å²) in [6.07, 6.45) is 2.04. The predicted molar refractivity (Wildman–Crippen MR) is 87.0 cm³/mol. The van der Waals surface area contributed by atoms with Crippen molar-refractivity contribution >= 4 is 11.9 Å². The van der Waals surface area contributed by atoms with Gasteiger partial charge in [0.15, 0.2) is 0 Å². The molecule has 7 heteroatoms. The number of hydrogen-bond donors (Lipinski definition) is 2. The predicted octanol–water partition coefficient (Wildman–Crippen LogP) is 2.12. The minimum atomic E-state index is -0.850. The third-order valence-electron chi connectivity index (χ3n) is 5.21. The van der Waals surface area contributed by atoms with Gasteiger partial charge in [-0.1, -0.05) is 13.0 Å². The lowest BCUT2D eigenvalue weighted by Gasteiger charge is -2.42. The molecule has 0 saturated heterocycles. The molecule has 5 nitrogen and oxygen atoms in total. The van der Waals surface area contributed by atoms with Crippen molar-refractivity contribution in [2.75, 3.05) is 13.1 Å². The third kappa shape index (κ3) is 3.98. The van der Waals surface area contributed by atoms with Crippen molar-refractivity contribution in [3.63, 3.8) is 0 Å². The second-order valence-electron chi connectivity index (χ2n) is 6.90. The van der Waals surface area contributed by atoms with Crippen LogP contribution in [0.3, 0.4) is 0 Å². The maximum absolute atomic E-state index is 13.8. The SMILES string of the molecule is CCN(CC(=O)O)C1CC(NC(=O)C2CC2c2ccc(F)cc2F)C1. The minimum absolute atomic E-state index is 0.0103. The Morgan fingerprint density at radius 2 is 2.00 bits per heavy atom. The molecule has 2 atom stereocenters. The van der Waals surface area contributed by atoms with E-state index in [9.17, 15) is 18.4 Å². The van der Waals surface area contributed by atoms with E-state index in [1.807, 2.05) is 11.8 Å². The van der Waals surface area contributed by atoms with Crippen molar-refractivity contribution in [1.29, 1.82) is 0 Å². The summed E-state index contributed by atoms with van der Waals surface area (Å²) in [5.74, 6) is -2.62. The molecule has 0 aliphatic heterocycles. The molecule has 3 rings (SSSR count). The van der Waals surface area contributed by atoms with Crippen molar-refractivity contribution in [1.82, 2.24) is 10.2 Å². The van der Waals surface area contributed by atoms with Gasteiger partial charge in [0.1, 0.15) is 11.6 Å². The van der Waals surface area contributed by atoms with Crippen LogP contribution in [0, 0.1) is 17.6 Å². The zero-order chi connectivity index (χ0) is 18.1. The maximum atomic E-state index is 13.8. The molecule has 2 N–H and O–H groups in total. The molecule has 136 valence electrons. The highest BCUT2D eigenvalue weighted by molar-refractivity contribution is 5.83. The van der Waals surface area contributed by atoms with Crippen molar-refractivity contribution in [3.8, 4) is 0 Å². The lowest BCUT2D eigenvalue weighted by Crippen LogP contribution is -2.55. The number of rotatable bonds is 7. The van der Waals surface area contributed by atoms with E-state index < -0.39 is 17.6 Å². The summed E-state index contributed by atoms with van der Waals surface area (Å²) in [6, 6.07) is 3.69. The number of halogens is 2. The average Bonchev–Trinajstić information content (AvgIpc) is 3.28. The van der Waals surface area contributed by atoms with Crippen LogP contribution < -0.4 is 5.32 Å². The Morgan fingerprint density at radius 3 is 2.60 bits per heavy atom. The fourth-order valence-corrected chi connectivity index (χ4v) is 3.62. The Balaban J connectivity index is 1.46. The first-order valence-corrected chi connectivity index (χ1v) is 8.60. The second kappa shape index (κ2) is 7.07. The first-order chi connectivity index (χ1) is 11.9. The first-order valence-electron chi connectivity index (χ1n) is 8.60. The summed E-state index contributed by atoms with van der Waals surface area (Å²) in [5.41, 5.74) is 0.395. The lowest BCUT2D eigenvalue weighted by atomic mass is 9.85. The smallest absolute Gasteiger partial charge is 0.317 e. The minimum Gasteiger partial charge on any atom is -0.480 e. The molecule has 0 spiro atoms. The van der Waals surface area contributed by atoms with Crippen molar-refractivity contribution in [2.24, 2.45) is 5.92 Å². The summed E-state index contributed by atoms with van der Waals surface area (Å²) >= 11 is 0. The highest BCUT2D eigenvalue weighted by Gasteiger charge is 2.46. The number of carboxylic acid groups (broad SMARTS) is 1. The van der Waals surface area contributed by atoms with Gasteiger partial charge in [0, 0.05) is 24.1 Å². The van der Waals surface area contributed by atoms with Gasteiger partial charge < -0.3 is 10.4 Å².